The molecule has 0 spiro atoms. The molecule has 7 heteroatoms. The number of para-hydroxylation sites is 1. The summed E-state index contributed by atoms with van der Waals surface area (Å²) in [7, 11) is 0. The highest BCUT2D eigenvalue weighted by Crippen LogP contribution is 2.25. The third-order valence-corrected chi connectivity index (χ3v) is 3.31. The lowest BCUT2D eigenvalue weighted by atomic mass is 10.3. The van der Waals surface area contributed by atoms with Gasteiger partial charge in [0.05, 0.1) is 17.3 Å². The number of halogens is 2. The Labute approximate surface area is 143 Å². The topological polar surface area (TPSA) is 67.4 Å². The van der Waals surface area contributed by atoms with E-state index in [0.29, 0.717) is 21.5 Å². The summed E-state index contributed by atoms with van der Waals surface area (Å²) in [6, 6.07) is 13.6. The first-order chi connectivity index (χ1) is 11.0. The maximum absolute atomic E-state index is 11.8. The van der Waals surface area contributed by atoms with E-state index in [1.54, 1.807) is 36.4 Å². The Morgan fingerprint density at radius 3 is 2.43 bits per heavy atom. The fourth-order valence-electron chi connectivity index (χ4n) is 1.68. The third kappa shape index (κ3) is 5.81. The van der Waals surface area contributed by atoms with Crippen molar-refractivity contribution in [3.05, 3.63) is 58.6 Å². The minimum Gasteiger partial charge on any atom is -0.484 e. The van der Waals surface area contributed by atoms with Gasteiger partial charge < -0.3 is 15.4 Å². The molecule has 2 amide bonds. The van der Waals surface area contributed by atoms with E-state index in [1.165, 1.54) is 6.07 Å². The molecule has 0 saturated carbocycles. The van der Waals surface area contributed by atoms with E-state index in [2.05, 4.69) is 10.6 Å². The molecule has 2 N–H and O–H groups in total. The second kappa shape index (κ2) is 8.41. The van der Waals surface area contributed by atoms with Crippen LogP contribution in [0.4, 0.5) is 5.69 Å². The normalized spacial score (nSPS) is 10.0. The minimum absolute atomic E-state index is 0.168. The van der Waals surface area contributed by atoms with Gasteiger partial charge >= 0.3 is 0 Å². The Hall–Kier alpha value is -2.24. The molecule has 0 heterocycles. The van der Waals surface area contributed by atoms with Crippen molar-refractivity contribution in [3.8, 4) is 5.75 Å². The number of carbonyl (C=O) groups is 2. The highest BCUT2D eigenvalue weighted by Gasteiger charge is 2.09. The van der Waals surface area contributed by atoms with Crippen molar-refractivity contribution in [1.82, 2.24) is 5.32 Å². The molecule has 2 rings (SSSR count). The monoisotopic (exact) mass is 352 g/mol. The van der Waals surface area contributed by atoms with Gasteiger partial charge in [0, 0.05) is 5.02 Å². The number of rotatable bonds is 6. The number of nitrogens with one attached hydrogen (secondary N) is 2. The zero-order valence-corrected chi connectivity index (χ0v) is 13.5. The molecule has 0 unspecified atom stereocenters. The van der Waals surface area contributed by atoms with E-state index in [-0.39, 0.29) is 13.2 Å². The summed E-state index contributed by atoms with van der Waals surface area (Å²) in [5.41, 5.74) is 0.427. The molecule has 0 radical (unpaired) electrons. The molecular formula is C16H14Cl2N2O3. The van der Waals surface area contributed by atoms with Gasteiger partial charge in [0.2, 0.25) is 5.91 Å². The zero-order chi connectivity index (χ0) is 16.7. The van der Waals surface area contributed by atoms with Crippen LogP contribution in [0, 0.1) is 0 Å². The minimum atomic E-state index is -0.401. The van der Waals surface area contributed by atoms with Crippen LogP contribution in [0.1, 0.15) is 0 Å². The molecule has 2 aromatic carbocycles. The number of anilines is 1. The van der Waals surface area contributed by atoms with E-state index in [4.69, 9.17) is 27.9 Å². The van der Waals surface area contributed by atoms with Crippen LogP contribution in [0.15, 0.2) is 48.5 Å². The van der Waals surface area contributed by atoms with Gasteiger partial charge in [-0.15, -0.1) is 0 Å². The zero-order valence-electron chi connectivity index (χ0n) is 12.0. The SMILES string of the molecule is O=C(COc1ccccc1)NCC(=O)Nc1ccc(Cl)cc1Cl. The fourth-order valence-corrected chi connectivity index (χ4v) is 2.14. The van der Waals surface area contributed by atoms with E-state index >= 15 is 0 Å². The van der Waals surface area contributed by atoms with Crippen LogP contribution in [0.3, 0.4) is 0 Å². The first kappa shape index (κ1) is 17.1. The number of amides is 2. The van der Waals surface area contributed by atoms with Crippen LogP contribution in [0.2, 0.25) is 10.0 Å². The Balaban J connectivity index is 1.74. The number of ether oxygens (including phenoxy) is 1. The molecular weight excluding hydrogens is 339 g/mol. The predicted molar refractivity (Wildman–Crippen MR) is 90.0 cm³/mol. The summed E-state index contributed by atoms with van der Waals surface area (Å²) in [4.78, 5) is 23.4. The van der Waals surface area contributed by atoms with Crippen LogP contribution in [-0.2, 0) is 9.59 Å². The molecule has 2 aromatic rings. The Bertz CT molecular complexity index is 693. The van der Waals surface area contributed by atoms with Gasteiger partial charge in [-0.3, -0.25) is 9.59 Å². The Morgan fingerprint density at radius 2 is 1.74 bits per heavy atom. The van der Waals surface area contributed by atoms with Crippen molar-refractivity contribution in [2.45, 2.75) is 0 Å². The summed E-state index contributed by atoms with van der Waals surface area (Å²) in [5.74, 6) is -0.214. The lowest BCUT2D eigenvalue weighted by molar-refractivity contribution is -0.125. The number of hydrogen-bond acceptors (Lipinski definition) is 3. The summed E-state index contributed by atoms with van der Waals surface area (Å²) >= 11 is 11.7. The van der Waals surface area contributed by atoms with Crippen molar-refractivity contribution >= 4 is 40.7 Å². The highest BCUT2D eigenvalue weighted by atomic mass is 35.5. The quantitative estimate of drug-likeness (QED) is 0.839. The second-order valence-corrected chi connectivity index (χ2v) is 5.39. The predicted octanol–water partition coefficient (Wildman–Crippen LogP) is 3.13. The molecule has 0 aromatic heterocycles. The molecule has 120 valence electrons. The Kier molecular flexibility index (Phi) is 6.26. The standard InChI is InChI=1S/C16H14Cl2N2O3/c17-11-6-7-14(13(18)8-11)20-15(21)9-19-16(22)10-23-12-4-2-1-3-5-12/h1-8H,9-10H2,(H,19,22)(H,20,21). The van der Waals surface area contributed by atoms with Crippen LogP contribution < -0.4 is 15.4 Å². The van der Waals surface area contributed by atoms with Crippen molar-refractivity contribution in [1.29, 1.82) is 0 Å². The molecule has 0 atom stereocenters. The van der Waals surface area contributed by atoms with E-state index in [1.807, 2.05) is 6.07 Å². The summed E-state index contributed by atoms with van der Waals surface area (Å²) < 4.78 is 5.27. The van der Waals surface area contributed by atoms with Gasteiger partial charge in [-0.25, -0.2) is 0 Å². The molecule has 5 nitrogen and oxygen atoms in total. The van der Waals surface area contributed by atoms with Crippen LogP contribution in [0.5, 0.6) is 5.75 Å². The molecule has 0 aliphatic rings. The van der Waals surface area contributed by atoms with Gasteiger partial charge in [0.25, 0.3) is 5.91 Å². The number of benzene rings is 2. The van der Waals surface area contributed by atoms with Gasteiger partial charge in [0.15, 0.2) is 6.61 Å². The van der Waals surface area contributed by atoms with Crippen LogP contribution in [-0.4, -0.2) is 25.0 Å². The van der Waals surface area contributed by atoms with Crippen LogP contribution in [0.25, 0.3) is 0 Å². The molecule has 23 heavy (non-hydrogen) atoms. The summed E-state index contributed by atoms with van der Waals surface area (Å²) in [6.07, 6.45) is 0. The van der Waals surface area contributed by atoms with Gasteiger partial charge in [-0.1, -0.05) is 41.4 Å². The summed E-state index contributed by atoms with van der Waals surface area (Å²) in [6.45, 7) is -0.352. The number of carbonyl (C=O) groups excluding carboxylic acids is 2. The molecule has 0 saturated heterocycles. The molecule has 0 aliphatic heterocycles. The van der Waals surface area contributed by atoms with Crippen molar-refractivity contribution < 1.29 is 14.3 Å². The largest absolute Gasteiger partial charge is 0.484 e. The average molecular weight is 353 g/mol. The smallest absolute Gasteiger partial charge is 0.258 e. The van der Waals surface area contributed by atoms with E-state index in [9.17, 15) is 9.59 Å². The molecule has 0 bridgehead atoms. The van der Waals surface area contributed by atoms with Gasteiger partial charge in [0.1, 0.15) is 5.75 Å². The maximum Gasteiger partial charge on any atom is 0.258 e. The van der Waals surface area contributed by atoms with E-state index in [0.717, 1.165) is 0 Å². The lowest BCUT2D eigenvalue weighted by Gasteiger charge is -2.09. The first-order valence-electron chi connectivity index (χ1n) is 6.74. The number of hydrogen-bond donors (Lipinski definition) is 2. The Morgan fingerprint density at radius 1 is 1.00 bits per heavy atom. The fraction of sp³-hybridized carbons (Fsp3) is 0.125. The van der Waals surface area contributed by atoms with E-state index < -0.39 is 11.8 Å². The average Bonchev–Trinajstić information content (AvgIpc) is 2.54. The second-order valence-electron chi connectivity index (χ2n) is 4.55. The maximum atomic E-state index is 11.8. The molecule has 0 fully saturated rings. The van der Waals surface area contributed by atoms with Crippen LogP contribution >= 0.6 is 23.2 Å². The highest BCUT2D eigenvalue weighted by molar-refractivity contribution is 6.36. The first-order valence-corrected chi connectivity index (χ1v) is 7.49. The summed E-state index contributed by atoms with van der Waals surface area (Å²) in [5, 5.41) is 5.84. The van der Waals surface area contributed by atoms with Crippen molar-refractivity contribution in [2.75, 3.05) is 18.5 Å². The van der Waals surface area contributed by atoms with Crippen molar-refractivity contribution in [3.63, 3.8) is 0 Å². The lowest BCUT2D eigenvalue weighted by Crippen LogP contribution is -2.35. The van der Waals surface area contributed by atoms with Gasteiger partial charge in [-0.05, 0) is 30.3 Å². The molecule has 0 aliphatic carbocycles. The van der Waals surface area contributed by atoms with Crippen molar-refractivity contribution in [2.24, 2.45) is 0 Å². The third-order valence-electron chi connectivity index (χ3n) is 2.76. The van der Waals surface area contributed by atoms with Gasteiger partial charge in [-0.2, -0.15) is 0 Å².